The van der Waals surface area contributed by atoms with Gasteiger partial charge in [0.15, 0.2) is 0 Å². The van der Waals surface area contributed by atoms with E-state index in [0.717, 1.165) is 51.1 Å². The van der Waals surface area contributed by atoms with Crippen molar-refractivity contribution in [3.63, 3.8) is 0 Å². The van der Waals surface area contributed by atoms with E-state index in [9.17, 15) is 4.79 Å². The summed E-state index contributed by atoms with van der Waals surface area (Å²) in [5.41, 5.74) is 6.38. The van der Waals surface area contributed by atoms with Gasteiger partial charge in [-0.2, -0.15) is 0 Å². The van der Waals surface area contributed by atoms with E-state index in [2.05, 4.69) is 15.6 Å². The first-order valence-electron chi connectivity index (χ1n) is 6.87. The summed E-state index contributed by atoms with van der Waals surface area (Å²) in [6.07, 6.45) is 4.74. The van der Waals surface area contributed by atoms with Crippen molar-refractivity contribution in [1.29, 1.82) is 0 Å². The molecular weight excluding hydrogens is 280 g/mol. The zero-order valence-electron chi connectivity index (χ0n) is 11.6. The quantitative estimate of drug-likeness (QED) is 0.523. The maximum absolute atomic E-state index is 12.0. The van der Waals surface area contributed by atoms with Gasteiger partial charge in [-0.3, -0.25) is 4.79 Å². The number of hydrogen-bond donors (Lipinski definition) is 2. The highest BCUT2D eigenvalue weighted by atomic mass is 35.5. The number of nitrogens with zero attached hydrogens (tertiary/aromatic N) is 4. The molecule has 20 heavy (non-hydrogen) atoms. The fourth-order valence-electron chi connectivity index (χ4n) is 2.13. The summed E-state index contributed by atoms with van der Waals surface area (Å²) in [5.74, 6) is 0.111. The van der Waals surface area contributed by atoms with Gasteiger partial charge in [0.25, 0.3) is 0 Å². The van der Waals surface area contributed by atoms with E-state index in [-0.39, 0.29) is 24.9 Å². The molecule has 1 aliphatic heterocycles. The van der Waals surface area contributed by atoms with E-state index in [4.69, 9.17) is 5.73 Å². The highest BCUT2D eigenvalue weighted by Gasteiger charge is 2.16. The number of aromatic nitrogens is 3. The Bertz CT molecular complexity index is 404. The van der Waals surface area contributed by atoms with Gasteiger partial charge in [0.05, 0.1) is 5.69 Å². The SMILES string of the molecule is NCCCCc1cn(CC(=O)N2CCNCC2)nn1.[Cl-]. The number of carbonyl (C=O) groups is 1. The third kappa shape index (κ3) is 5.07. The van der Waals surface area contributed by atoms with Crippen molar-refractivity contribution in [2.75, 3.05) is 32.7 Å². The summed E-state index contributed by atoms with van der Waals surface area (Å²) < 4.78 is 1.63. The zero-order chi connectivity index (χ0) is 13.5. The number of hydrogen-bond acceptors (Lipinski definition) is 5. The highest BCUT2D eigenvalue weighted by Crippen LogP contribution is 2.01. The lowest BCUT2D eigenvalue weighted by Crippen LogP contribution is -3.00. The summed E-state index contributed by atoms with van der Waals surface area (Å²) in [7, 11) is 0. The zero-order valence-corrected chi connectivity index (χ0v) is 12.3. The average Bonchev–Trinajstić information content (AvgIpc) is 2.88. The molecule has 8 heteroatoms. The molecule has 114 valence electrons. The predicted molar refractivity (Wildman–Crippen MR) is 71.5 cm³/mol. The molecule has 2 rings (SSSR count). The smallest absolute Gasteiger partial charge is 0.244 e. The number of rotatable bonds is 6. The normalized spacial score (nSPS) is 14.9. The molecule has 0 radical (unpaired) electrons. The number of nitrogens with one attached hydrogen (secondary N) is 1. The predicted octanol–water partition coefficient (Wildman–Crippen LogP) is -4.00. The molecular formula is C12H22ClN6O-. The molecule has 2 heterocycles. The lowest BCUT2D eigenvalue weighted by molar-refractivity contribution is -0.132. The highest BCUT2D eigenvalue weighted by molar-refractivity contribution is 5.76. The van der Waals surface area contributed by atoms with Crippen molar-refractivity contribution in [2.24, 2.45) is 5.73 Å². The van der Waals surface area contributed by atoms with Crippen LogP contribution >= 0.6 is 0 Å². The van der Waals surface area contributed by atoms with Crippen LogP contribution in [0.25, 0.3) is 0 Å². The number of halogens is 1. The van der Waals surface area contributed by atoms with Gasteiger partial charge in [-0.1, -0.05) is 5.21 Å². The molecule has 1 amide bonds. The van der Waals surface area contributed by atoms with Gasteiger partial charge in [0.1, 0.15) is 6.54 Å². The summed E-state index contributed by atoms with van der Waals surface area (Å²) in [4.78, 5) is 13.9. The van der Waals surface area contributed by atoms with Gasteiger partial charge in [-0.15, -0.1) is 5.10 Å². The van der Waals surface area contributed by atoms with Crippen molar-refractivity contribution in [3.05, 3.63) is 11.9 Å². The molecule has 0 saturated carbocycles. The third-order valence-electron chi connectivity index (χ3n) is 3.24. The summed E-state index contributed by atoms with van der Waals surface area (Å²) >= 11 is 0. The second-order valence-electron chi connectivity index (χ2n) is 4.78. The Labute approximate surface area is 125 Å². The third-order valence-corrected chi connectivity index (χ3v) is 3.24. The molecule has 0 unspecified atom stereocenters. The van der Waals surface area contributed by atoms with E-state index < -0.39 is 0 Å². The Morgan fingerprint density at radius 1 is 1.35 bits per heavy atom. The van der Waals surface area contributed by atoms with Gasteiger partial charge in [0, 0.05) is 32.4 Å². The lowest BCUT2D eigenvalue weighted by Gasteiger charge is -2.27. The number of nitrogens with two attached hydrogens (primary N) is 1. The van der Waals surface area contributed by atoms with Crippen LogP contribution < -0.4 is 23.5 Å². The van der Waals surface area contributed by atoms with E-state index in [0.29, 0.717) is 6.54 Å². The summed E-state index contributed by atoms with van der Waals surface area (Å²) in [6, 6.07) is 0. The van der Waals surface area contributed by atoms with Crippen molar-refractivity contribution in [2.45, 2.75) is 25.8 Å². The molecule has 0 aliphatic carbocycles. The van der Waals surface area contributed by atoms with Crippen LogP contribution in [0.15, 0.2) is 6.20 Å². The second kappa shape index (κ2) is 8.89. The maximum Gasteiger partial charge on any atom is 0.244 e. The molecule has 0 spiro atoms. The van der Waals surface area contributed by atoms with Crippen LogP contribution in [0.3, 0.4) is 0 Å². The number of unbranched alkanes of at least 4 members (excludes halogenated alkanes) is 1. The summed E-state index contributed by atoms with van der Waals surface area (Å²) in [6.45, 7) is 4.27. The van der Waals surface area contributed by atoms with Crippen molar-refractivity contribution >= 4 is 5.91 Å². The fraction of sp³-hybridized carbons (Fsp3) is 0.750. The van der Waals surface area contributed by atoms with Gasteiger partial charge in [-0.05, 0) is 25.8 Å². The molecule has 1 aliphatic rings. The maximum atomic E-state index is 12.0. The van der Waals surface area contributed by atoms with Crippen LogP contribution in [0.1, 0.15) is 18.5 Å². The molecule has 1 fully saturated rings. The molecule has 0 bridgehead atoms. The Hall–Kier alpha value is -1.18. The van der Waals surface area contributed by atoms with Crippen LogP contribution in [-0.2, 0) is 17.8 Å². The van der Waals surface area contributed by atoms with Crippen molar-refractivity contribution in [3.8, 4) is 0 Å². The van der Waals surface area contributed by atoms with Gasteiger partial charge in [0.2, 0.25) is 5.91 Å². The Morgan fingerprint density at radius 2 is 2.10 bits per heavy atom. The average molecular weight is 302 g/mol. The molecule has 1 aromatic rings. The van der Waals surface area contributed by atoms with E-state index in [1.54, 1.807) is 4.68 Å². The van der Waals surface area contributed by atoms with Crippen LogP contribution in [-0.4, -0.2) is 58.5 Å². The first kappa shape index (κ1) is 16.9. The second-order valence-corrected chi connectivity index (χ2v) is 4.78. The number of piperazine rings is 1. The topological polar surface area (TPSA) is 89.1 Å². The van der Waals surface area contributed by atoms with E-state index >= 15 is 0 Å². The molecule has 0 atom stereocenters. The van der Waals surface area contributed by atoms with Crippen LogP contribution in [0.2, 0.25) is 0 Å². The Balaban J connectivity index is 0.00000200. The Kier molecular flexibility index (Phi) is 7.50. The standard InChI is InChI=1S/C12H22N6O.ClH/c13-4-2-1-3-11-9-18(16-15-11)10-12(19)17-7-5-14-6-8-17;/h9,14H,1-8,10,13H2;1H/p-1. The van der Waals surface area contributed by atoms with Crippen molar-refractivity contribution < 1.29 is 17.2 Å². The minimum atomic E-state index is 0. The van der Waals surface area contributed by atoms with E-state index in [1.165, 1.54) is 0 Å². The van der Waals surface area contributed by atoms with Crippen molar-refractivity contribution in [1.82, 2.24) is 25.2 Å². The monoisotopic (exact) mass is 301 g/mol. The molecule has 1 aromatic heterocycles. The minimum absolute atomic E-state index is 0. The van der Waals surface area contributed by atoms with Gasteiger partial charge in [-0.25, -0.2) is 4.68 Å². The first-order valence-corrected chi connectivity index (χ1v) is 6.87. The molecule has 0 aromatic carbocycles. The van der Waals surface area contributed by atoms with E-state index in [1.807, 2.05) is 11.1 Å². The minimum Gasteiger partial charge on any atom is -1.00 e. The van der Waals surface area contributed by atoms with Crippen LogP contribution in [0.4, 0.5) is 0 Å². The van der Waals surface area contributed by atoms with Crippen LogP contribution in [0, 0.1) is 0 Å². The van der Waals surface area contributed by atoms with Gasteiger partial charge < -0.3 is 28.4 Å². The number of aryl methyl sites for hydroxylation is 1. The molecule has 3 N–H and O–H groups in total. The first-order chi connectivity index (χ1) is 9.29. The van der Waals surface area contributed by atoms with Gasteiger partial charge >= 0.3 is 0 Å². The fourth-order valence-corrected chi connectivity index (χ4v) is 2.13. The lowest BCUT2D eigenvalue weighted by atomic mass is 10.2. The number of amides is 1. The Morgan fingerprint density at radius 3 is 2.80 bits per heavy atom. The number of carbonyl (C=O) groups excluding carboxylic acids is 1. The van der Waals surface area contributed by atoms with Crippen LogP contribution in [0.5, 0.6) is 0 Å². The largest absolute Gasteiger partial charge is 1.00 e. The summed E-state index contributed by atoms with van der Waals surface area (Å²) in [5, 5.41) is 11.3. The molecule has 7 nitrogen and oxygen atoms in total. The molecule has 1 saturated heterocycles.